The van der Waals surface area contributed by atoms with Crippen molar-refractivity contribution in [3.63, 3.8) is 0 Å². The van der Waals surface area contributed by atoms with Crippen molar-refractivity contribution in [2.24, 2.45) is 23.2 Å². The van der Waals surface area contributed by atoms with Crippen molar-refractivity contribution in [1.82, 2.24) is 0 Å². The molecule has 0 aromatic rings. The molecule has 0 aliphatic heterocycles. The second-order valence-corrected chi connectivity index (χ2v) is 22.8. The molecule has 0 radical (unpaired) electrons. The molecule has 0 saturated carbocycles. The Morgan fingerprint density at radius 1 is 0.861 bits per heavy atom. The van der Waals surface area contributed by atoms with Gasteiger partial charge < -0.3 is 8.85 Å². The standard InChI is InChI=1S/C28H48O6Si2/c1-15-16-28(25(32)34-36(13,14)27(8,9)10)18(2)17-21(22(19(3)29)23(28)20(4)30)24(31)33-35(11,12)26(5,6)7/h15-18,22-23H,1-14H3/b16-15+/t18-,22+,23-,28+/m1/s1. The number of ketones is 2. The average molecular weight is 537 g/mol. The van der Waals surface area contributed by atoms with Gasteiger partial charge in [-0.25, -0.2) is 4.79 Å². The van der Waals surface area contributed by atoms with E-state index >= 15 is 0 Å². The number of hydrogen-bond donors (Lipinski definition) is 0. The maximum atomic E-state index is 14.1. The van der Waals surface area contributed by atoms with Crippen LogP contribution in [0.2, 0.25) is 36.3 Å². The molecular weight excluding hydrogens is 488 g/mol. The highest BCUT2D eigenvalue weighted by atomic mass is 28.4. The second-order valence-electron chi connectivity index (χ2n) is 13.3. The van der Waals surface area contributed by atoms with Gasteiger partial charge in [0.1, 0.15) is 17.0 Å². The molecule has 4 atom stereocenters. The lowest BCUT2D eigenvalue weighted by Crippen LogP contribution is -2.57. The van der Waals surface area contributed by atoms with Crippen LogP contribution in [0.1, 0.15) is 69.2 Å². The molecule has 1 aliphatic carbocycles. The molecule has 204 valence electrons. The number of rotatable bonds is 7. The van der Waals surface area contributed by atoms with Crippen molar-refractivity contribution in [2.45, 2.75) is 106 Å². The van der Waals surface area contributed by atoms with E-state index in [2.05, 4.69) is 0 Å². The third-order valence-corrected chi connectivity index (χ3v) is 17.2. The van der Waals surface area contributed by atoms with Crippen molar-refractivity contribution in [2.75, 3.05) is 0 Å². The molecule has 1 aliphatic rings. The minimum atomic E-state index is -2.55. The summed E-state index contributed by atoms with van der Waals surface area (Å²) in [5.74, 6) is -4.53. The zero-order valence-corrected chi connectivity index (χ0v) is 26.9. The van der Waals surface area contributed by atoms with Crippen molar-refractivity contribution in [3.05, 3.63) is 23.8 Å². The molecule has 0 unspecified atom stereocenters. The molecule has 0 amide bonds. The summed E-state index contributed by atoms with van der Waals surface area (Å²) in [5, 5.41) is -0.464. The Hall–Kier alpha value is -1.81. The van der Waals surface area contributed by atoms with Crippen molar-refractivity contribution in [3.8, 4) is 0 Å². The summed E-state index contributed by atoms with van der Waals surface area (Å²) in [5.41, 5.74) is -1.24. The lowest BCUT2D eigenvalue weighted by atomic mass is 9.55. The Labute approximate surface area is 220 Å². The van der Waals surface area contributed by atoms with Crippen LogP contribution in [0.15, 0.2) is 23.8 Å². The highest BCUT2D eigenvalue weighted by Crippen LogP contribution is 2.52. The van der Waals surface area contributed by atoms with Crippen LogP contribution in [-0.2, 0) is 28.0 Å². The summed E-state index contributed by atoms with van der Waals surface area (Å²) < 4.78 is 12.3. The monoisotopic (exact) mass is 536 g/mol. The van der Waals surface area contributed by atoms with E-state index in [-0.39, 0.29) is 27.2 Å². The Morgan fingerprint density at radius 3 is 1.67 bits per heavy atom. The largest absolute Gasteiger partial charge is 0.518 e. The van der Waals surface area contributed by atoms with E-state index in [1.807, 2.05) is 67.7 Å². The first-order valence-corrected chi connectivity index (χ1v) is 18.6. The predicted molar refractivity (Wildman–Crippen MR) is 149 cm³/mol. The van der Waals surface area contributed by atoms with E-state index in [0.717, 1.165) is 0 Å². The fourth-order valence-electron chi connectivity index (χ4n) is 4.30. The molecule has 0 spiro atoms. The fourth-order valence-corrected chi connectivity index (χ4v) is 6.13. The van der Waals surface area contributed by atoms with E-state index in [1.54, 1.807) is 32.1 Å². The van der Waals surface area contributed by atoms with Gasteiger partial charge in [0.05, 0.1) is 11.8 Å². The van der Waals surface area contributed by atoms with Crippen LogP contribution < -0.4 is 0 Å². The SMILES string of the molecule is C/C=C/[C@]1(C(=O)O[Si](C)(C)C(C)(C)C)[C@H](C)C=C(C(=O)O[Si](C)(C)C(C)(C)C)[C@H](C(C)=O)[C@H]1C(C)=O. The zero-order valence-electron chi connectivity index (χ0n) is 24.9. The molecule has 36 heavy (non-hydrogen) atoms. The summed E-state index contributed by atoms with van der Waals surface area (Å²) >= 11 is 0. The van der Waals surface area contributed by atoms with E-state index in [0.29, 0.717) is 0 Å². The average Bonchev–Trinajstić information content (AvgIpc) is 2.65. The molecule has 1 rings (SSSR count). The van der Waals surface area contributed by atoms with Crippen LogP contribution in [-0.4, -0.2) is 40.1 Å². The quantitative estimate of drug-likeness (QED) is 0.268. The third-order valence-electron chi connectivity index (χ3n) is 8.58. The van der Waals surface area contributed by atoms with Gasteiger partial charge in [0, 0.05) is 5.57 Å². The first kappa shape index (κ1) is 32.2. The second kappa shape index (κ2) is 10.5. The summed E-state index contributed by atoms with van der Waals surface area (Å²) in [4.78, 5) is 54.0. The highest BCUT2D eigenvalue weighted by molar-refractivity contribution is 6.76. The fraction of sp³-hybridized carbons (Fsp3) is 0.714. The zero-order chi connectivity index (χ0) is 28.7. The van der Waals surface area contributed by atoms with Crippen LogP contribution in [0.5, 0.6) is 0 Å². The van der Waals surface area contributed by atoms with Crippen LogP contribution in [0, 0.1) is 23.2 Å². The van der Waals surface area contributed by atoms with Gasteiger partial charge in [-0.3, -0.25) is 14.4 Å². The topological polar surface area (TPSA) is 86.7 Å². The Bertz CT molecular complexity index is 962. The first-order valence-electron chi connectivity index (χ1n) is 12.8. The molecule has 8 heteroatoms. The minimum Gasteiger partial charge on any atom is -0.518 e. The predicted octanol–water partition coefficient (Wildman–Crippen LogP) is 6.63. The van der Waals surface area contributed by atoms with E-state index < -0.39 is 51.7 Å². The maximum Gasteiger partial charge on any atom is 0.321 e. The lowest BCUT2D eigenvalue weighted by molar-refractivity contribution is -0.157. The van der Waals surface area contributed by atoms with E-state index in [1.165, 1.54) is 13.8 Å². The molecule has 0 aromatic heterocycles. The summed E-state index contributed by atoms with van der Waals surface area (Å²) in [6, 6.07) is 0. The summed E-state index contributed by atoms with van der Waals surface area (Å²) in [6.07, 6.45) is 5.08. The van der Waals surface area contributed by atoms with Gasteiger partial charge in [0.2, 0.25) is 0 Å². The Balaban J connectivity index is 3.84. The van der Waals surface area contributed by atoms with E-state index in [9.17, 15) is 19.2 Å². The van der Waals surface area contributed by atoms with Crippen LogP contribution in [0.4, 0.5) is 0 Å². The van der Waals surface area contributed by atoms with Crippen molar-refractivity contribution >= 4 is 40.1 Å². The summed E-state index contributed by atoms with van der Waals surface area (Å²) in [7, 11) is -5.05. The number of Topliss-reactive ketones (excluding diaryl/α,β-unsaturated/α-hetero) is 2. The van der Waals surface area contributed by atoms with Gasteiger partial charge >= 0.3 is 11.9 Å². The smallest absolute Gasteiger partial charge is 0.321 e. The van der Waals surface area contributed by atoms with Crippen LogP contribution in [0.3, 0.4) is 0 Å². The molecule has 0 bridgehead atoms. The Morgan fingerprint density at radius 2 is 1.31 bits per heavy atom. The molecule has 0 N–H and O–H groups in total. The van der Waals surface area contributed by atoms with Gasteiger partial charge in [-0.2, -0.15) is 0 Å². The Kier molecular flexibility index (Phi) is 9.41. The van der Waals surface area contributed by atoms with Crippen molar-refractivity contribution < 1.29 is 28.0 Å². The normalized spacial score (nSPS) is 25.8. The number of carbonyl (C=O) groups excluding carboxylic acids is 4. The molecule has 0 fully saturated rings. The van der Waals surface area contributed by atoms with Gasteiger partial charge in [-0.05, 0) is 63.0 Å². The number of allylic oxidation sites excluding steroid dienone is 2. The molecular formula is C28H48O6Si2. The molecule has 0 saturated heterocycles. The molecule has 6 nitrogen and oxygen atoms in total. The molecule has 0 heterocycles. The number of hydrogen-bond acceptors (Lipinski definition) is 6. The highest BCUT2D eigenvalue weighted by Gasteiger charge is 2.60. The number of carbonyl (C=O) groups is 4. The van der Waals surface area contributed by atoms with Crippen LogP contribution in [0.25, 0.3) is 0 Å². The lowest BCUT2D eigenvalue weighted by Gasteiger charge is -2.48. The van der Waals surface area contributed by atoms with Crippen LogP contribution >= 0.6 is 0 Å². The van der Waals surface area contributed by atoms with Gasteiger partial charge in [0.25, 0.3) is 16.6 Å². The van der Waals surface area contributed by atoms with Gasteiger partial charge in [-0.15, -0.1) is 0 Å². The van der Waals surface area contributed by atoms with Gasteiger partial charge in [-0.1, -0.05) is 66.7 Å². The first-order chi connectivity index (χ1) is 16.0. The maximum absolute atomic E-state index is 14.1. The minimum absolute atomic E-state index is 0.167. The van der Waals surface area contributed by atoms with E-state index in [4.69, 9.17) is 8.85 Å². The van der Waals surface area contributed by atoms with Gasteiger partial charge in [0.15, 0.2) is 0 Å². The summed E-state index contributed by atoms with van der Waals surface area (Å²) in [6.45, 7) is 26.4. The third kappa shape index (κ3) is 6.01. The van der Waals surface area contributed by atoms with Crippen molar-refractivity contribution in [1.29, 1.82) is 0 Å². The molecule has 0 aromatic carbocycles.